The fourth-order valence-electron chi connectivity index (χ4n) is 5.49. The highest BCUT2D eigenvalue weighted by atomic mass is 19.2. The molecule has 2 fully saturated rings. The number of carbonyl (C=O) groups is 1. The third-order valence-corrected chi connectivity index (χ3v) is 7.22. The van der Waals surface area contributed by atoms with E-state index in [4.69, 9.17) is 4.74 Å². The molecule has 2 aliphatic carbocycles. The van der Waals surface area contributed by atoms with Gasteiger partial charge in [-0.1, -0.05) is 52.0 Å². The molecule has 162 valence electrons. The second-order valence-corrected chi connectivity index (χ2v) is 9.20. The average Bonchev–Trinajstić information content (AvgIpc) is 2.74. The van der Waals surface area contributed by atoms with Crippen molar-refractivity contribution in [1.29, 1.82) is 0 Å². The molecule has 0 unspecified atom stereocenters. The molecular weight excluding hydrogens is 370 g/mol. The SMILES string of the molecule is CCCc1ccc(OC(=O)C2CCC(C3CCC(CCC)CC3)CC2)c(F)c1F. The zero-order chi connectivity index (χ0) is 20.8. The van der Waals surface area contributed by atoms with Gasteiger partial charge in [0, 0.05) is 0 Å². The first-order valence-corrected chi connectivity index (χ1v) is 11.7. The zero-order valence-electron chi connectivity index (χ0n) is 18.0. The van der Waals surface area contributed by atoms with Crippen molar-refractivity contribution in [3.05, 3.63) is 29.3 Å². The van der Waals surface area contributed by atoms with E-state index in [1.807, 2.05) is 6.92 Å². The average molecular weight is 407 g/mol. The second kappa shape index (κ2) is 10.5. The van der Waals surface area contributed by atoms with Crippen molar-refractivity contribution < 1.29 is 18.3 Å². The molecule has 29 heavy (non-hydrogen) atoms. The maximum atomic E-state index is 14.3. The number of aryl methyl sites for hydroxylation is 1. The quantitative estimate of drug-likeness (QED) is 0.352. The Kier molecular flexibility index (Phi) is 8.08. The number of hydrogen-bond donors (Lipinski definition) is 0. The number of esters is 1. The molecule has 0 spiro atoms. The lowest BCUT2D eigenvalue weighted by molar-refractivity contribution is -0.140. The Morgan fingerprint density at radius 3 is 2.10 bits per heavy atom. The van der Waals surface area contributed by atoms with Crippen LogP contribution < -0.4 is 4.74 Å². The number of ether oxygens (including phenoxy) is 1. The molecule has 0 saturated heterocycles. The minimum absolute atomic E-state index is 0.194. The molecule has 2 aliphatic rings. The van der Waals surface area contributed by atoms with Gasteiger partial charge in [0.2, 0.25) is 5.82 Å². The highest BCUT2D eigenvalue weighted by molar-refractivity contribution is 5.75. The van der Waals surface area contributed by atoms with E-state index in [0.29, 0.717) is 17.9 Å². The van der Waals surface area contributed by atoms with Crippen molar-refractivity contribution in [2.75, 3.05) is 0 Å². The summed E-state index contributed by atoms with van der Waals surface area (Å²) in [7, 11) is 0. The van der Waals surface area contributed by atoms with Crippen LogP contribution in [0.15, 0.2) is 12.1 Å². The van der Waals surface area contributed by atoms with E-state index >= 15 is 0 Å². The molecule has 0 aromatic heterocycles. The van der Waals surface area contributed by atoms with Crippen molar-refractivity contribution in [2.45, 2.75) is 90.9 Å². The summed E-state index contributed by atoms with van der Waals surface area (Å²) in [5.41, 5.74) is 0.332. The van der Waals surface area contributed by atoms with E-state index in [2.05, 4.69) is 6.92 Å². The van der Waals surface area contributed by atoms with Gasteiger partial charge in [-0.15, -0.1) is 0 Å². The van der Waals surface area contributed by atoms with Gasteiger partial charge in [0.25, 0.3) is 0 Å². The lowest BCUT2D eigenvalue weighted by Gasteiger charge is -2.37. The largest absolute Gasteiger partial charge is 0.423 e. The van der Waals surface area contributed by atoms with Crippen LogP contribution in [-0.4, -0.2) is 5.97 Å². The van der Waals surface area contributed by atoms with Crippen molar-refractivity contribution in [3.63, 3.8) is 0 Å². The van der Waals surface area contributed by atoms with Gasteiger partial charge in [0.05, 0.1) is 5.92 Å². The summed E-state index contributed by atoms with van der Waals surface area (Å²) in [6.07, 6.45) is 12.9. The van der Waals surface area contributed by atoms with Crippen molar-refractivity contribution in [3.8, 4) is 5.75 Å². The Hall–Kier alpha value is -1.45. The van der Waals surface area contributed by atoms with E-state index in [-0.39, 0.29) is 11.7 Å². The van der Waals surface area contributed by atoms with Crippen LogP contribution in [0.5, 0.6) is 5.75 Å². The van der Waals surface area contributed by atoms with E-state index in [1.54, 1.807) is 0 Å². The predicted molar refractivity (Wildman–Crippen MR) is 112 cm³/mol. The zero-order valence-corrected chi connectivity index (χ0v) is 18.0. The predicted octanol–water partition coefficient (Wildman–Crippen LogP) is 7.24. The molecule has 0 bridgehead atoms. The summed E-state index contributed by atoms with van der Waals surface area (Å²) in [6, 6.07) is 2.91. The molecular formula is C25H36F2O2. The molecule has 3 rings (SSSR count). The van der Waals surface area contributed by atoms with Gasteiger partial charge >= 0.3 is 5.97 Å². The lowest BCUT2D eigenvalue weighted by atomic mass is 9.69. The molecule has 2 saturated carbocycles. The van der Waals surface area contributed by atoms with Crippen LogP contribution in [0.25, 0.3) is 0 Å². The van der Waals surface area contributed by atoms with Gasteiger partial charge in [-0.05, 0) is 74.3 Å². The van der Waals surface area contributed by atoms with Gasteiger partial charge in [-0.2, -0.15) is 4.39 Å². The van der Waals surface area contributed by atoms with Gasteiger partial charge in [0.15, 0.2) is 11.6 Å². The molecule has 0 atom stereocenters. The van der Waals surface area contributed by atoms with Gasteiger partial charge in [0.1, 0.15) is 0 Å². The molecule has 1 aromatic carbocycles. The van der Waals surface area contributed by atoms with Crippen LogP contribution in [0.1, 0.15) is 90.0 Å². The van der Waals surface area contributed by atoms with E-state index in [1.165, 1.54) is 50.7 Å². The highest BCUT2D eigenvalue weighted by Crippen LogP contribution is 2.42. The summed E-state index contributed by atoms with van der Waals surface area (Å²) in [6.45, 7) is 4.19. The van der Waals surface area contributed by atoms with Crippen LogP contribution in [0.4, 0.5) is 8.78 Å². The van der Waals surface area contributed by atoms with Crippen LogP contribution >= 0.6 is 0 Å². The second-order valence-electron chi connectivity index (χ2n) is 9.20. The first kappa shape index (κ1) is 22.2. The summed E-state index contributed by atoms with van der Waals surface area (Å²) in [5, 5.41) is 0. The van der Waals surface area contributed by atoms with Crippen LogP contribution in [-0.2, 0) is 11.2 Å². The van der Waals surface area contributed by atoms with Gasteiger partial charge < -0.3 is 4.74 Å². The normalized spacial score (nSPS) is 27.6. The number of rotatable bonds is 7. The minimum Gasteiger partial charge on any atom is -0.423 e. The first-order valence-electron chi connectivity index (χ1n) is 11.7. The Labute approximate surface area is 174 Å². The lowest BCUT2D eigenvalue weighted by Crippen LogP contribution is -2.30. The summed E-state index contributed by atoms with van der Waals surface area (Å²) < 4.78 is 33.6. The van der Waals surface area contributed by atoms with Gasteiger partial charge in [-0.25, -0.2) is 4.39 Å². The van der Waals surface area contributed by atoms with E-state index in [9.17, 15) is 13.6 Å². The maximum Gasteiger partial charge on any atom is 0.314 e. The number of hydrogen-bond acceptors (Lipinski definition) is 2. The number of benzene rings is 1. The molecule has 0 N–H and O–H groups in total. The molecule has 4 heteroatoms. The molecule has 0 amide bonds. The Morgan fingerprint density at radius 2 is 1.52 bits per heavy atom. The smallest absolute Gasteiger partial charge is 0.314 e. The molecule has 0 radical (unpaired) electrons. The Balaban J connectivity index is 1.49. The number of halogens is 2. The fourth-order valence-corrected chi connectivity index (χ4v) is 5.49. The standard InChI is InChI=1S/C25H36F2O2/c1-3-5-17-7-9-18(10-8-17)19-11-13-21(14-12-19)25(28)29-22-16-15-20(6-4-2)23(26)24(22)27/h15-19,21H,3-14H2,1-2H3. The molecule has 0 heterocycles. The molecule has 0 aliphatic heterocycles. The van der Waals surface area contributed by atoms with Crippen molar-refractivity contribution in [1.82, 2.24) is 0 Å². The Morgan fingerprint density at radius 1 is 0.897 bits per heavy atom. The van der Waals surface area contributed by atoms with Gasteiger partial charge in [-0.3, -0.25) is 4.79 Å². The fraction of sp³-hybridized carbons (Fsp3) is 0.720. The topological polar surface area (TPSA) is 26.3 Å². The highest BCUT2D eigenvalue weighted by Gasteiger charge is 2.34. The monoisotopic (exact) mass is 406 g/mol. The third-order valence-electron chi connectivity index (χ3n) is 7.22. The van der Waals surface area contributed by atoms with Crippen LogP contribution in [0.2, 0.25) is 0 Å². The maximum absolute atomic E-state index is 14.3. The van der Waals surface area contributed by atoms with Crippen molar-refractivity contribution in [2.24, 2.45) is 23.7 Å². The van der Waals surface area contributed by atoms with E-state index < -0.39 is 17.6 Å². The minimum atomic E-state index is -1.04. The summed E-state index contributed by atoms with van der Waals surface area (Å²) >= 11 is 0. The van der Waals surface area contributed by atoms with E-state index in [0.717, 1.165) is 43.9 Å². The number of carbonyl (C=O) groups excluding carboxylic acids is 1. The third kappa shape index (κ3) is 5.58. The molecule has 1 aromatic rings. The van der Waals surface area contributed by atoms with Crippen LogP contribution in [0.3, 0.4) is 0 Å². The Bertz CT molecular complexity index is 672. The van der Waals surface area contributed by atoms with Crippen LogP contribution in [0, 0.1) is 35.3 Å². The molecule has 2 nitrogen and oxygen atoms in total. The summed E-state index contributed by atoms with van der Waals surface area (Å²) in [5.74, 6) is -0.370. The first-order chi connectivity index (χ1) is 14.0. The summed E-state index contributed by atoms with van der Waals surface area (Å²) in [4.78, 5) is 12.5. The van der Waals surface area contributed by atoms with Crippen molar-refractivity contribution >= 4 is 5.97 Å².